The smallest absolute Gasteiger partial charge is 0.0338 e. The number of nitrogens with zero attached hydrogens (tertiary/aromatic N) is 1. The van der Waals surface area contributed by atoms with Crippen LogP contribution in [-0.4, -0.2) is 11.5 Å². The van der Waals surface area contributed by atoms with Crippen molar-refractivity contribution in [1.29, 1.82) is 0 Å². The number of nitrogens with one attached hydrogen (secondary N) is 1. The van der Waals surface area contributed by atoms with Crippen LogP contribution in [0.3, 0.4) is 0 Å². The van der Waals surface area contributed by atoms with Gasteiger partial charge in [-0.2, -0.15) is 0 Å². The molecule has 0 saturated heterocycles. The molecular formula is C15H24N2. The van der Waals surface area contributed by atoms with Gasteiger partial charge in [-0.05, 0) is 36.9 Å². The molecule has 1 unspecified atom stereocenters. The van der Waals surface area contributed by atoms with Crippen LogP contribution in [0.4, 0.5) is 0 Å². The van der Waals surface area contributed by atoms with Gasteiger partial charge in [0.25, 0.3) is 0 Å². The molecule has 1 aliphatic carbocycles. The summed E-state index contributed by atoms with van der Waals surface area (Å²) in [4.78, 5) is 4.32. The van der Waals surface area contributed by atoms with Crippen molar-refractivity contribution in [1.82, 2.24) is 10.3 Å². The summed E-state index contributed by atoms with van der Waals surface area (Å²) >= 11 is 0. The van der Waals surface area contributed by atoms with E-state index in [-0.39, 0.29) is 0 Å². The van der Waals surface area contributed by atoms with E-state index in [1.807, 2.05) is 12.4 Å². The molecule has 94 valence electrons. The van der Waals surface area contributed by atoms with E-state index in [4.69, 9.17) is 0 Å². The molecule has 1 atom stereocenters. The van der Waals surface area contributed by atoms with Crippen LogP contribution in [-0.2, 0) is 0 Å². The Bertz CT molecular complexity index is 343. The fraction of sp³-hybridized carbons (Fsp3) is 0.667. The first kappa shape index (κ1) is 12.6. The van der Waals surface area contributed by atoms with Gasteiger partial charge in [-0.15, -0.1) is 0 Å². The van der Waals surface area contributed by atoms with Crippen molar-refractivity contribution in [2.75, 3.05) is 6.54 Å². The lowest BCUT2D eigenvalue weighted by atomic mass is 9.94. The van der Waals surface area contributed by atoms with Crippen LogP contribution >= 0.6 is 0 Å². The molecule has 1 heterocycles. The second-order valence-electron chi connectivity index (χ2n) is 5.29. The van der Waals surface area contributed by atoms with Crippen molar-refractivity contribution in [2.45, 2.75) is 52.0 Å². The average molecular weight is 232 g/mol. The maximum atomic E-state index is 4.32. The molecule has 1 aliphatic rings. The molecule has 2 rings (SSSR count). The third kappa shape index (κ3) is 3.53. The minimum atomic E-state index is 0.496. The molecule has 0 spiro atoms. The number of pyridine rings is 1. The maximum Gasteiger partial charge on any atom is 0.0338 e. The normalized spacial score (nSPS) is 18.5. The summed E-state index contributed by atoms with van der Waals surface area (Å²) in [6, 6.07) is 2.77. The van der Waals surface area contributed by atoms with E-state index in [0.29, 0.717) is 6.04 Å². The van der Waals surface area contributed by atoms with Crippen LogP contribution in [0.15, 0.2) is 18.5 Å². The molecule has 0 bridgehead atoms. The van der Waals surface area contributed by atoms with Crippen LogP contribution in [0.25, 0.3) is 0 Å². The van der Waals surface area contributed by atoms with Crippen LogP contribution in [0.1, 0.15) is 56.2 Å². The van der Waals surface area contributed by atoms with E-state index in [1.54, 1.807) is 0 Å². The largest absolute Gasteiger partial charge is 0.310 e. The predicted octanol–water partition coefficient (Wildman–Crippen LogP) is 3.62. The molecule has 0 aliphatic heterocycles. The van der Waals surface area contributed by atoms with Gasteiger partial charge in [0.2, 0.25) is 0 Å². The quantitative estimate of drug-likeness (QED) is 0.838. The van der Waals surface area contributed by atoms with Crippen molar-refractivity contribution in [3.8, 4) is 0 Å². The van der Waals surface area contributed by atoms with Crippen molar-refractivity contribution >= 4 is 0 Å². The number of aromatic nitrogens is 1. The van der Waals surface area contributed by atoms with E-state index < -0.39 is 0 Å². The third-order valence-electron chi connectivity index (χ3n) is 3.79. The first-order valence-electron chi connectivity index (χ1n) is 6.94. The second-order valence-corrected chi connectivity index (χ2v) is 5.29. The Morgan fingerprint density at radius 3 is 2.76 bits per heavy atom. The van der Waals surface area contributed by atoms with Crippen molar-refractivity contribution in [3.05, 3.63) is 29.6 Å². The van der Waals surface area contributed by atoms with Gasteiger partial charge >= 0.3 is 0 Å². The minimum Gasteiger partial charge on any atom is -0.310 e. The van der Waals surface area contributed by atoms with Gasteiger partial charge in [0.05, 0.1) is 0 Å². The van der Waals surface area contributed by atoms with Crippen molar-refractivity contribution in [3.63, 3.8) is 0 Å². The predicted molar refractivity (Wildman–Crippen MR) is 72.0 cm³/mol. The van der Waals surface area contributed by atoms with Gasteiger partial charge in [-0.3, -0.25) is 4.98 Å². The monoisotopic (exact) mass is 232 g/mol. The summed E-state index contributed by atoms with van der Waals surface area (Å²) in [6.45, 7) is 5.34. The van der Waals surface area contributed by atoms with E-state index in [1.165, 1.54) is 43.2 Å². The molecule has 2 nitrogen and oxygen atoms in total. The number of hydrogen-bond acceptors (Lipinski definition) is 2. The fourth-order valence-electron chi connectivity index (χ4n) is 2.93. The van der Waals surface area contributed by atoms with Crippen LogP contribution in [0.5, 0.6) is 0 Å². The van der Waals surface area contributed by atoms with E-state index in [9.17, 15) is 0 Å². The Labute approximate surface area is 105 Å². The maximum absolute atomic E-state index is 4.32. The zero-order valence-corrected chi connectivity index (χ0v) is 11.1. The summed E-state index contributed by atoms with van der Waals surface area (Å²) in [5.41, 5.74) is 2.62. The van der Waals surface area contributed by atoms with Crippen molar-refractivity contribution in [2.24, 2.45) is 5.92 Å². The summed E-state index contributed by atoms with van der Waals surface area (Å²) in [6.07, 6.45) is 10.9. The molecule has 1 aromatic heterocycles. The molecule has 0 amide bonds. The zero-order valence-electron chi connectivity index (χ0n) is 11.1. The lowest BCUT2D eigenvalue weighted by Gasteiger charge is -2.21. The van der Waals surface area contributed by atoms with Crippen molar-refractivity contribution < 1.29 is 0 Å². The van der Waals surface area contributed by atoms with Gasteiger partial charge in [0, 0.05) is 18.4 Å². The Kier molecular flexibility index (Phi) is 4.55. The molecule has 17 heavy (non-hydrogen) atoms. The van der Waals surface area contributed by atoms with E-state index in [2.05, 4.69) is 30.2 Å². The summed E-state index contributed by atoms with van der Waals surface area (Å²) in [5.74, 6) is 0.916. The fourth-order valence-corrected chi connectivity index (χ4v) is 2.93. The second kappa shape index (κ2) is 6.15. The van der Waals surface area contributed by atoms with E-state index >= 15 is 0 Å². The summed E-state index contributed by atoms with van der Waals surface area (Å²) in [5, 5.41) is 3.61. The Balaban J connectivity index is 2.04. The average Bonchev–Trinajstić information content (AvgIpc) is 2.81. The topological polar surface area (TPSA) is 24.9 Å². The van der Waals surface area contributed by atoms with Gasteiger partial charge in [0.15, 0.2) is 0 Å². The lowest BCUT2D eigenvalue weighted by molar-refractivity contribution is 0.400. The standard InChI is InChI=1S/C15H24N2/c1-3-17-15(9-13-6-4-5-7-13)14-8-12(2)10-16-11-14/h8,10-11,13,15,17H,3-7,9H2,1-2H3. The Morgan fingerprint density at radius 1 is 1.35 bits per heavy atom. The Morgan fingerprint density at radius 2 is 2.12 bits per heavy atom. The minimum absolute atomic E-state index is 0.496. The number of aryl methyl sites for hydroxylation is 1. The van der Waals surface area contributed by atoms with Crippen LogP contribution in [0.2, 0.25) is 0 Å². The Hall–Kier alpha value is -0.890. The van der Waals surface area contributed by atoms with Crippen LogP contribution in [0, 0.1) is 12.8 Å². The van der Waals surface area contributed by atoms with Gasteiger partial charge in [0.1, 0.15) is 0 Å². The SMILES string of the molecule is CCNC(CC1CCCC1)c1cncc(C)c1. The molecule has 1 N–H and O–H groups in total. The highest BCUT2D eigenvalue weighted by molar-refractivity contribution is 5.20. The zero-order chi connectivity index (χ0) is 12.1. The lowest BCUT2D eigenvalue weighted by Crippen LogP contribution is -2.23. The first-order chi connectivity index (χ1) is 8.29. The summed E-state index contributed by atoms with van der Waals surface area (Å²) < 4.78 is 0. The molecular weight excluding hydrogens is 208 g/mol. The number of rotatable bonds is 5. The number of hydrogen-bond donors (Lipinski definition) is 1. The van der Waals surface area contributed by atoms with E-state index in [0.717, 1.165) is 12.5 Å². The molecule has 1 aromatic rings. The molecule has 0 aromatic carbocycles. The highest BCUT2D eigenvalue weighted by Crippen LogP contribution is 2.32. The molecule has 2 heteroatoms. The summed E-state index contributed by atoms with van der Waals surface area (Å²) in [7, 11) is 0. The first-order valence-corrected chi connectivity index (χ1v) is 6.94. The molecule has 0 radical (unpaired) electrons. The molecule has 1 saturated carbocycles. The highest BCUT2D eigenvalue weighted by atomic mass is 14.9. The highest BCUT2D eigenvalue weighted by Gasteiger charge is 2.20. The van der Waals surface area contributed by atoms with Gasteiger partial charge < -0.3 is 5.32 Å². The van der Waals surface area contributed by atoms with Gasteiger partial charge in [-0.1, -0.05) is 38.7 Å². The van der Waals surface area contributed by atoms with Gasteiger partial charge in [-0.25, -0.2) is 0 Å². The molecule has 1 fully saturated rings. The third-order valence-corrected chi connectivity index (χ3v) is 3.79. The van der Waals surface area contributed by atoms with Crippen LogP contribution < -0.4 is 5.32 Å².